The first kappa shape index (κ1) is 9.38. The standard InChI is InChI=1S/C12H18N2/c1-9-5-6-11-12(10(9)2)14(3)8-4-7-13-11/h5-6,13H,4,7-8H2,1-3H3. The summed E-state index contributed by atoms with van der Waals surface area (Å²) >= 11 is 0. The second-order valence-electron chi connectivity index (χ2n) is 4.11. The molecule has 0 aliphatic carbocycles. The van der Waals surface area contributed by atoms with Crippen LogP contribution in [0.2, 0.25) is 0 Å². The Morgan fingerprint density at radius 1 is 1.29 bits per heavy atom. The highest BCUT2D eigenvalue weighted by molar-refractivity contribution is 5.75. The summed E-state index contributed by atoms with van der Waals surface area (Å²) in [4.78, 5) is 2.36. The molecule has 0 aromatic heterocycles. The maximum absolute atomic E-state index is 3.48. The fraction of sp³-hybridized carbons (Fsp3) is 0.500. The second-order valence-corrected chi connectivity index (χ2v) is 4.11. The number of benzene rings is 1. The van der Waals surface area contributed by atoms with E-state index in [-0.39, 0.29) is 0 Å². The largest absolute Gasteiger partial charge is 0.383 e. The lowest BCUT2D eigenvalue weighted by atomic mass is 10.1. The van der Waals surface area contributed by atoms with E-state index in [0.29, 0.717) is 0 Å². The van der Waals surface area contributed by atoms with Gasteiger partial charge in [-0.1, -0.05) is 6.07 Å². The maximum Gasteiger partial charge on any atom is 0.0631 e. The molecule has 1 aromatic rings. The van der Waals surface area contributed by atoms with Crippen molar-refractivity contribution >= 4 is 11.4 Å². The molecule has 0 atom stereocenters. The molecule has 0 saturated carbocycles. The van der Waals surface area contributed by atoms with Crippen LogP contribution in [0.1, 0.15) is 17.5 Å². The topological polar surface area (TPSA) is 15.3 Å². The molecule has 1 N–H and O–H groups in total. The van der Waals surface area contributed by atoms with Gasteiger partial charge >= 0.3 is 0 Å². The number of anilines is 2. The number of aryl methyl sites for hydroxylation is 1. The number of fused-ring (bicyclic) bond motifs is 1. The van der Waals surface area contributed by atoms with Crippen LogP contribution in [0.5, 0.6) is 0 Å². The molecule has 0 spiro atoms. The zero-order valence-electron chi connectivity index (χ0n) is 9.22. The van der Waals surface area contributed by atoms with E-state index in [0.717, 1.165) is 13.1 Å². The summed E-state index contributed by atoms with van der Waals surface area (Å²) in [6, 6.07) is 4.39. The van der Waals surface area contributed by atoms with Crippen molar-refractivity contribution in [3.63, 3.8) is 0 Å². The molecule has 1 aromatic carbocycles. The quantitative estimate of drug-likeness (QED) is 0.676. The summed E-state index contributed by atoms with van der Waals surface area (Å²) in [6.07, 6.45) is 1.21. The zero-order valence-corrected chi connectivity index (χ0v) is 9.22. The number of hydrogen-bond donors (Lipinski definition) is 1. The Labute approximate surface area is 85.9 Å². The van der Waals surface area contributed by atoms with Crippen molar-refractivity contribution in [2.75, 3.05) is 30.4 Å². The predicted octanol–water partition coefficient (Wildman–Crippen LogP) is 2.56. The van der Waals surface area contributed by atoms with Crippen LogP contribution in [0, 0.1) is 13.8 Å². The number of nitrogens with zero attached hydrogens (tertiary/aromatic N) is 1. The van der Waals surface area contributed by atoms with E-state index in [1.54, 1.807) is 0 Å². The second kappa shape index (κ2) is 3.52. The highest BCUT2D eigenvalue weighted by Crippen LogP contribution is 2.32. The van der Waals surface area contributed by atoms with Gasteiger partial charge in [0.2, 0.25) is 0 Å². The molecule has 14 heavy (non-hydrogen) atoms. The summed E-state index contributed by atoms with van der Waals surface area (Å²) < 4.78 is 0. The van der Waals surface area contributed by atoms with E-state index in [2.05, 4.69) is 43.2 Å². The molecular weight excluding hydrogens is 172 g/mol. The molecule has 1 aliphatic rings. The van der Waals surface area contributed by atoms with E-state index < -0.39 is 0 Å². The molecule has 0 bridgehead atoms. The molecule has 0 amide bonds. The van der Waals surface area contributed by atoms with Crippen molar-refractivity contribution < 1.29 is 0 Å². The Bertz CT molecular complexity index is 344. The van der Waals surface area contributed by atoms with Gasteiger partial charge in [0.25, 0.3) is 0 Å². The van der Waals surface area contributed by atoms with Gasteiger partial charge in [-0.3, -0.25) is 0 Å². The van der Waals surface area contributed by atoms with Crippen LogP contribution >= 0.6 is 0 Å². The fourth-order valence-electron chi connectivity index (χ4n) is 2.09. The molecule has 2 heteroatoms. The number of rotatable bonds is 0. The van der Waals surface area contributed by atoms with E-state index >= 15 is 0 Å². The molecule has 1 aliphatic heterocycles. The van der Waals surface area contributed by atoms with Crippen LogP contribution in [-0.4, -0.2) is 20.1 Å². The van der Waals surface area contributed by atoms with Gasteiger partial charge in [0.1, 0.15) is 0 Å². The molecule has 0 saturated heterocycles. The molecule has 76 valence electrons. The summed E-state index contributed by atoms with van der Waals surface area (Å²) in [5, 5.41) is 3.48. The van der Waals surface area contributed by atoms with Gasteiger partial charge in [-0.2, -0.15) is 0 Å². The van der Waals surface area contributed by atoms with E-state index in [1.807, 2.05) is 0 Å². The lowest BCUT2D eigenvalue weighted by Gasteiger charge is -2.22. The van der Waals surface area contributed by atoms with Gasteiger partial charge in [-0.15, -0.1) is 0 Å². The van der Waals surface area contributed by atoms with Crippen LogP contribution < -0.4 is 10.2 Å². The minimum atomic E-state index is 1.08. The zero-order chi connectivity index (χ0) is 10.1. The van der Waals surface area contributed by atoms with Crippen LogP contribution in [0.25, 0.3) is 0 Å². The normalized spacial score (nSPS) is 15.8. The fourth-order valence-corrected chi connectivity index (χ4v) is 2.09. The van der Waals surface area contributed by atoms with Gasteiger partial charge in [0.05, 0.1) is 11.4 Å². The lowest BCUT2D eigenvalue weighted by molar-refractivity contribution is 0.835. The lowest BCUT2D eigenvalue weighted by Crippen LogP contribution is -2.18. The molecule has 0 unspecified atom stereocenters. The highest BCUT2D eigenvalue weighted by Gasteiger charge is 2.14. The predicted molar refractivity (Wildman–Crippen MR) is 62.3 cm³/mol. The van der Waals surface area contributed by atoms with E-state index in [4.69, 9.17) is 0 Å². The average Bonchev–Trinajstić information content (AvgIpc) is 2.35. The van der Waals surface area contributed by atoms with Gasteiger partial charge in [0.15, 0.2) is 0 Å². The van der Waals surface area contributed by atoms with E-state index in [1.165, 1.54) is 28.9 Å². The summed E-state index contributed by atoms with van der Waals surface area (Å²) in [6.45, 7) is 6.61. The van der Waals surface area contributed by atoms with Crippen molar-refractivity contribution in [2.45, 2.75) is 20.3 Å². The van der Waals surface area contributed by atoms with Crippen molar-refractivity contribution in [3.8, 4) is 0 Å². The van der Waals surface area contributed by atoms with E-state index in [9.17, 15) is 0 Å². The minimum Gasteiger partial charge on any atom is -0.383 e. The SMILES string of the molecule is Cc1ccc2c(c1C)N(C)CCCN2. The van der Waals surface area contributed by atoms with Crippen molar-refractivity contribution in [1.82, 2.24) is 0 Å². The third kappa shape index (κ3) is 1.45. The summed E-state index contributed by atoms with van der Waals surface area (Å²) in [5.41, 5.74) is 5.44. The first-order valence-corrected chi connectivity index (χ1v) is 5.25. The average molecular weight is 190 g/mol. The minimum absolute atomic E-state index is 1.08. The Balaban J connectivity index is 2.54. The van der Waals surface area contributed by atoms with Crippen LogP contribution in [0.4, 0.5) is 11.4 Å². The first-order chi connectivity index (χ1) is 6.70. The Hall–Kier alpha value is -1.18. The number of hydrogen-bond acceptors (Lipinski definition) is 2. The van der Waals surface area contributed by atoms with Gasteiger partial charge in [0, 0.05) is 20.1 Å². The smallest absolute Gasteiger partial charge is 0.0631 e. The molecule has 2 rings (SSSR count). The Morgan fingerprint density at radius 2 is 2.07 bits per heavy atom. The van der Waals surface area contributed by atoms with Crippen molar-refractivity contribution in [1.29, 1.82) is 0 Å². The van der Waals surface area contributed by atoms with Crippen LogP contribution in [0.15, 0.2) is 12.1 Å². The summed E-state index contributed by atoms with van der Waals surface area (Å²) in [7, 11) is 2.18. The van der Waals surface area contributed by atoms with Gasteiger partial charge in [-0.05, 0) is 37.5 Å². The Kier molecular flexibility index (Phi) is 2.36. The van der Waals surface area contributed by atoms with Crippen LogP contribution in [-0.2, 0) is 0 Å². The summed E-state index contributed by atoms with van der Waals surface area (Å²) in [5.74, 6) is 0. The van der Waals surface area contributed by atoms with Crippen LogP contribution in [0.3, 0.4) is 0 Å². The first-order valence-electron chi connectivity index (χ1n) is 5.25. The molecule has 0 radical (unpaired) electrons. The Morgan fingerprint density at radius 3 is 2.86 bits per heavy atom. The molecule has 0 fully saturated rings. The monoisotopic (exact) mass is 190 g/mol. The molecular formula is C12H18N2. The van der Waals surface area contributed by atoms with Gasteiger partial charge < -0.3 is 10.2 Å². The third-order valence-electron chi connectivity index (χ3n) is 3.07. The molecule has 1 heterocycles. The third-order valence-corrected chi connectivity index (χ3v) is 3.07. The molecule has 2 nitrogen and oxygen atoms in total. The number of nitrogens with one attached hydrogen (secondary N) is 1. The van der Waals surface area contributed by atoms with Crippen molar-refractivity contribution in [3.05, 3.63) is 23.3 Å². The maximum atomic E-state index is 3.48. The highest BCUT2D eigenvalue weighted by atomic mass is 15.1. The van der Waals surface area contributed by atoms with Gasteiger partial charge in [-0.25, -0.2) is 0 Å². The van der Waals surface area contributed by atoms with Crippen molar-refractivity contribution in [2.24, 2.45) is 0 Å².